The number of alkyl carbamates (subject to hydrolysis) is 1. The van der Waals surface area contributed by atoms with E-state index in [1.54, 1.807) is 27.7 Å². The van der Waals surface area contributed by atoms with E-state index >= 15 is 0 Å². The molecule has 134 valence electrons. The first kappa shape index (κ1) is 20.4. The lowest BCUT2D eigenvalue weighted by molar-refractivity contribution is 0.0511. The quantitative estimate of drug-likeness (QED) is 0.597. The van der Waals surface area contributed by atoms with Crippen LogP contribution >= 0.6 is 23.2 Å². The SMILES string of the molecule is CCOC(=O)c1cc(Cl)c(OCCNC(=O)OC(C)(C)C)c(Cl)c1. The highest BCUT2D eigenvalue weighted by molar-refractivity contribution is 6.37. The van der Waals surface area contributed by atoms with Gasteiger partial charge in [0.25, 0.3) is 0 Å². The Hall–Kier alpha value is -1.66. The van der Waals surface area contributed by atoms with E-state index in [0.29, 0.717) is 0 Å². The number of rotatable bonds is 6. The summed E-state index contributed by atoms with van der Waals surface area (Å²) < 4.78 is 15.4. The van der Waals surface area contributed by atoms with E-state index in [2.05, 4.69) is 5.32 Å². The maximum absolute atomic E-state index is 11.7. The zero-order chi connectivity index (χ0) is 18.3. The molecule has 0 heterocycles. The van der Waals surface area contributed by atoms with Gasteiger partial charge >= 0.3 is 12.1 Å². The molecule has 0 aliphatic rings. The molecule has 1 amide bonds. The number of esters is 1. The van der Waals surface area contributed by atoms with Crippen molar-refractivity contribution >= 4 is 35.3 Å². The van der Waals surface area contributed by atoms with E-state index in [9.17, 15) is 9.59 Å². The van der Waals surface area contributed by atoms with Crippen LogP contribution in [-0.4, -0.2) is 37.4 Å². The number of hydrogen-bond acceptors (Lipinski definition) is 5. The van der Waals surface area contributed by atoms with Gasteiger partial charge in [-0.2, -0.15) is 0 Å². The van der Waals surface area contributed by atoms with Crippen molar-refractivity contribution in [2.75, 3.05) is 19.8 Å². The van der Waals surface area contributed by atoms with Crippen LogP contribution in [-0.2, 0) is 9.47 Å². The van der Waals surface area contributed by atoms with Crippen LogP contribution in [0.15, 0.2) is 12.1 Å². The van der Waals surface area contributed by atoms with E-state index in [1.165, 1.54) is 12.1 Å². The number of hydrogen-bond donors (Lipinski definition) is 1. The van der Waals surface area contributed by atoms with Crippen LogP contribution in [0, 0.1) is 0 Å². The smallest absolute Gasteiger partial charge is 0.407 e. The number of carbonyl (C=O) groups excluding carboxylic acids is 2. The fraction of sp³-hybridized carbons (Fsp3) is 0.500. The van der Waals surface area contributed by atoms with Gasteiger partial charge in [-0.15, -0.1) is 0 Å². The van der Waals surface area contributed by atoms with E-state index in [0.717, 1.165) is 0 Å². The molecule has 0 bridgehead atoms. The predicted molar refractivity (Wildman–Crippen MR) is 92.2 cm³/mol. The van der Waals surface area contributed by atoms with Gasteiger partial charge < -0.3 is 19.5 Å². The Bertz CT molecular complexity index is 576. The monoisotopic (exact) mass is 377 g/mol. The Labute approximate surface area is 151 Å². The van der Waals surface area contributed by atoms with Crippen molar-refractivity contribution in [2.45, 2.75) is 33.3 Å². The summed E-state index contributed by atoms with van der Waals surface area (Å²) in [6.07, 6.45) is -0.541. The number of halogens is 2. The van der Waals surface area contributed by atoms with Crippen molar-refractivity contribution in [1.29, 1.82) is 0 Å². The molecular weight excluding hydrogens is 357 g/mol. The first-order valence-corrected chi connectivity index (χ1v) is 8.15. The Morgan fingerprint density at radius 1 is 1.17 bits per heavy atom. The largest absolute Gasteiger partial charge is 0.489 e. The zero-order valence-corrected chi connectivity index (χ0v) is 15.6. The second-order valence-corrected chi connectivity index (χ2v) is 6.58. The lowest BCUT2D eigenvalue weighted by Gasteiger charge is -2.19. The molecule has 6 nitrogen and oxygen atoms in total. The van der Waals surface area contributed by atoms with Gasteiger partial charge in [0.05, 0.1) is 28.8 Å². The van der Waals surface area contributed by atoms with Crippen LogP contribution in [0.4, 0.5) is 4.79 Å². The van der Waals surface area contributed by atoms with Crippen LogP contribution in [0.1, 0.15) is 38.1 Å². The predicted octanol–water partition coefficient (Wildman–Crippen LogP) is 4.07. The third-order valence-electron chi connectivity index (χ3n) is 2.53. The fourth-order valence-electron chi connectivity index (χ4n) is 1.65. The van der Waals surface area contributed by atoms with Crippen LogP contribution < -0.4 is 10.1 Å². The summed E-state index contributed by atoms with van der Waals surface area (Å²) in [5.74, 6) is -0.281. The molecule has 0 unspecified atom stereocenters. The summed E-state index contributed by atoms with van der Waals surface area (Å²) in [5, 5.41) is 2.91. The van der Waals surface area contributed by atoms with Crippen molar-refractivity contribution < 1.29 is 23.8 Å². The van der Waals surface area contributed by atoms with Gasteiger partial charge in [0.1, 0.15) is 12.2 Å². The van der Waals surface area contributed by atoms with Crippen molar-refractivity contribution in [3.8, 4) is 5.75 Å². The first-order valence-electron chi connectivity index (χ1n) is 7.40. The Morgan fingerprint density at radius 2 is 1.75 bits per heavy atom. The molecule has 0 spiro atoms. The normalized spacial score (nSPS) is 10.9. The third-order valence-corrected chi connectivity index (χ3v) is 3.09. The Kier molecular flexibility index (Phi) is 7.63. The zero-order valence-electron chi connectivity index (χ0n) is 14.1. The highest BCUT2D eigenvalue weighted by Gasteiger charge is 2.17. The lowest BCUT2D eigenvalue weighted by Crippen LogP contribution is -2.34. The standard InChI is InChI=1S/C16H21Cl2NO5/c1-5-22-14(20)10-8-11(17)13(12(18)9-10)23-7-6-19-15(21)24-16(2,3)4/h8-9H,5-7H2,1-4H3,(H,19,21). The van der Waals surface area contributed by atoms with Crippen molar-refractivity contribution in [3.63, 3.8) is 0 Å². The fourth-order valence-corrected chi connectivity index (χ4v) is 2.25. The molecule has 0 saturated heterocycles. The van der Waals surface area contributed by atoms with E-state index < -0.39 is 17.7 Å². The average Bonchev–Trinajstić information content (AvgIpc) is 2.43. The third kappa shape index (κ3) is 6.84. The van der Waals surface area contributed by atoms with Crippen molar-refractivity contribution in [3.05, 3.63) is 27.7 Å². The average molecular weight is 378 g/mol. The van der Waals surface area contributed by atoms with Crippen LogP contribution in [0.25, 0.3) is 0 Å². The number of benzene rings is 1. The summed E-state index contributed by atoms with van der Waals surface area (Å²) in [4.78, 5) is 23.2. The van der Waals surface area contributed by atoms with Gasteiger partial charge in [0, 0.05) is 0 Å². The molecule has 1 aromatic carbocycles. The van der Waals surface area contributed by atoms with Crippen LogP contribution in [0.5, 0.6) is 5.75 Å². The van der Waals surface area contributed by atoms with E-state index in [1.807, 2.05) is 0 Å². The van der Waals surface area contributed by atoms with Crippen molar-refractivity contribution in [2.24, 2.45) is 0 Å². The molecule has 0 fully saturated rings. The second-order valence-electron chi connectivity index (χ2n) is 5.77. The summed E-state index contributed by atoms with van der Waals surface area (Å²) in [6.45, 7) is 7.62. The Morgan fingerprint density at radius 3 is 2.25 bits per heavy atom. The van der Waals surface area contributed by atoms with Crippen LogP contribution in [0.2, 0.25) is 10.0 Å². The van der Waals surface area contributed by atoms with Gasteiger partial charge in [0.15, 0.2) is 5.75 Å². The first-order chi connectivity index (χ1) is 11.1. The van der Waals surface area contributed by atoms with Gasteiger partial charge in [0.2, 0.25) is 0 Å². The minimum atomic E-state index is -0.569. The van der Waals surface area contributed by atoms with Crippen LogP contribution in [0.3, 0.4) is 0 Å². The summed E-state index contributed by atoms with van der Waals surface area (Å²) in [5.41, 5.74) is -0.327. The van der Waals surface area contributed by atoms with E-state index in [4.69, 9.17) is 37.4 Å². The minimum absolute atomic E-state index is 0.136. The molecule has 1 rings (SSSR count). The molecule has 1 N–H and O–H groups in total. The maximum Gasteiger partial charge on any atom is 0.407 e. The Balaban J connectivity index is 2.57. The number of carbonyl (C=O) groups is 2. The molecule has 24 heavy (non-hydrogen) atoms. The maximum atomic E-state index is 11.7. The number of nitrogens with one attached hydrogen (secondary N) is 1. The number of amides is 1. The molecular formula is C16H21Cl2NO5. The van der Waals surface area contributed by atoms with Gasteiger partial charge in [-0.1, -0.05) is 23.2 Å². The highest BCUT2D eigenvalue weighted by atomic mass is 35.5. The molecule has 8 heteroatoms. The summed E-state index contributed by atoms with van der Waals surface area (Å²) >= 11 is 12.2. The van der Waals surface area contributed by atoms with Crippen molar-refractivity contribution in [1.82, 2.24) is 5.32 Å². The summed E-state index contributed by atoms with van der Waals surface area (Å²) in [6, 6.07) is 2.84. The topological polar surface area (TPSA) is 73.9 Å². The molecule has 0 aliphatic heterocycles. The minimum Gasteiger partial charge on any atom is -0.489 e. The van der Waals surface area contributed by atoms with Gasteiger partial charge in [-0.05, 0) is 39.8 Å². The molecule has 0 atom stereocenters. The van der Waals surface area contributed by atoms with E-state index in [-0.39, 0.29) is 41.1 Å². The molecule has 1 aromatic rings. The molecule has 0 aromatic heterocycles. The molecule has 0 aliphatic carbocycles. The molecule has 0 radical (unpaired) electrons. The number of ether oxygens (including phenoxy) is 3. The lowest BCUT2D eigenvalue weighted by atomic mass is 10.2. The molecule has 0 saturated carbocycles. The summed E-state index contributed by atoms with van der Waals surface area (Å²) in [7, 11) is 0. The second kappa shape index (κ2) is 8.99. The van der Waals surface area contributed by atoms with Gasteiger partial charge in [-0.25, -0.2) is 9.59 Å². The van der Waals surface area contributed by atoms with Gasteiger partial charge in [-0.3, -0.25) is 0 Å². The highest BCUT2D eigenvalue weighted by Crippen LogP contribution is 2.34.